The Morgan fingerprint density at radius 3 is 1.50 bits per heavy atom. The molecule has 2 aromatic rings. The van der Waals surface area contributed by atoms with Crippen LogP contribution in [0.1, 0.15) is 52.7 Å². The molecule has 0 heterocycles. The fraction of sp³-hybridized carbons (Fsp3) is 0.455. The van der Waals surface area contributed by atoms with Gasteiger partial charge in [0.2, 0.25) is 0 Å². The van der Waals surface area contributed by atoms with Crippen LogP contribution in [0.2, 0.25) is 13.1 Å². The Kier molecular flexibility index (Phi) is 5.14. The minimum atomic E-state index is -1.73. The van der Waals surface area contributed by atoms with Gasteiger partial charge in [0.25, 0.3) is 0 Å². The molecule has 2 rings (SSSR count). The monoisotopic (exact) mass is 356 g/mol. The number of benzene rings is 2. The average Bonchev–Trinajstić information content (AvgIpc) is 2.45. The van der Waals surface area contributed by atoms with E-state index in [1.54, 1.807) is 0 Å². The normalized spacial score (nSPS) is 13.2. The Balaban J connectivity index is 2.76. The molecule has 0 bridgehead atoms. The summed E-state index contributed by atoms with van der Waals surface area (Å²) >= 11 is 4.94. The summed E-state index contributed by atoms with van der Waals surface area (Å²) in [7, 11) is -1.73. The highest BCUT2D eigenvalue weighted by atomic mass is 32.1. The third-order valence-electron chi connectivity index (χ3n) is 4.94. The van der Waals surface area contributed by atoms with Crippen molar-refractivity contribution in [1.82, 2.24) is 0 Å². The van der Waals surface area contributed by atoms with Crippen LogP contribution in [0.5, 0.6) is 0 Å². The Bertz CT molecular complexity index is 681. The molecule has 0 fully saturated rings. The van der Waals surface area contributed by atoms with Crippen LogP contribution in [0.4, 0.5) is 0 Å². The molecule has 0 atom stereocenters. The maximum Gasteiger partial charge on any atom is 0.112 e. The molecule has 0 saturated heterocycles. The van der Waals surface area contributed by atoms with E-state index in [2.05, 4.69) is 97.1 Å². The van der Waals surface area contributed by atoms with Crippen molar-refractivity contribution in [3.63, 3.8) is 0 Å². The summed E-state index contributed by atoms with van der Waals surface area (Å²) in [5.74, 6) is 0. The molecule has 0 N–H and O–H groups in total. The summed E-state index contributed by atoms with van der Waals surface area (Å²) < 4.78 is 0. The summed E-state index contributed by atoms with van der Waals surface area (Å²) in [6.45, 7) is 18.6. The predicted molar refractivity (Wildman–Crippen MR) is 114 cm³/mol. The van der Waals surface area contributed by atoms with Crippen molar-refractivity contribution in [3.05, 3.63) is 53.6 Å². The molecule has 0 saturated carbocycles. The largest absolute Gasteiger partial charge is 0.143 e. The molecule has 0 aliphatic rings. The second-order valence-electron chi connectivity index (χ2n) is 9.41. The maximum atomic E-state index is 4.94. The van der Waals surface area contributed by atoms with Crippen LogP contribution in [0.3, 0.4) is 0 Å². The predicted octanol–water partition coefficient (Wildman–Crippen LogP) is 5.39. The fourth-order valence-electron chi connectivity index (χ4n) is 3.16. The van der Waals surface area contributed by atoms with Gasteiger partial charge in [0.05, 0.1) is 0 Å². The second-order valence-corrected chi connectivity index (χ2v) is 14.3. The quantitative estimate of drug-likeness (QED) is 0.541. The van der Waals surface area contributed by atoms with Crippen molar-refractivity contribution in [2.75, 3.05) is 0 Å². The van der Waals surface area contributed by atoms with Gasteiger partial charge in [-0.15, -0.1) is 12.6 Å². The van der Waals surface area contributed by atoms with E-state index in [0.29, 0.717) is 0 Å². The molecule has 2 aromatic carbocycles. The first-order valence-corrected chi connectivity index (χ1v) is 12.2. The average molecular weight is 357 g/mol. The van der Waals surface area contributed by atoms with Crippen molar-refractivity contribution >= 4 is 31.1 Å². The fourth-order valence-corrected chi connectivity index (χ4v) is 6.33. The lowest BCUT2D eigenvalue weighted by Gasteiger charge is -2.33. The summed E-state index contributed by atoms with van der Waals surface area (Å²) in [5, 5.41) is 2.98. The lowest BCUT2D eigenvalue weighted by atomic mass is 9.80. The van der Waals surface area contributed by atoms with Gasteiger partial charge < -0.3 is 0 Å². The smallest absolute Gasteiger partial charge is 0.112 e. The highest BCUT2D eigenvalue weighted by molar-refractivity contribution is 7.80. The summed E-state index contributed by atoms with van der Waals surface area (Å²) in [5.41, 5.74) is 2.91. The number of thiol groups is 1. The van der Waals surface area contributed by atoms with Crippen molar-refractivity contribution in [2.24, 2.45) is 0 Å². The van der Waals surface area contributed by atoms with E-state index in [-0.39, 0.29) is 10.8 Å². The topological polar surface area (TPSA) is 0 Å². The zero-order chi connectivity index (χ0) is 18.3. The van der Waals surface area contributed by atoms with Crippen molar-refractivity contribution < 1.29 is 0 Å². The van der Waals surface area contributed by atoms with E-state index in [1.165, 1.54) is 21.5 Å². The van der Waals surface area contributed by atoms with Gasteiger partial charge in [-0.05, 0) is 22.0 Å². The van der Waals surface area contributed by atoms with Crippen LogP contribution < -0.4 is 10.4 Å². The Morgan fingerprint density at radius 2 is 1.12 bits per heavy atom. The zero-order valence-electron chi connectivity index (χ0n) is 16.5. The Hall–Kier alpha value is -0.993. The van der Waals surface area contributed by atoms with E-state index in [4.69, 9.17) is 12.6 Å². The standard InChI is InChI=1S/C22H32SSi/c1-21(2,3)18-14-17(15-19(20(18)23)22(4,5)6)24(7,8)16-12-10-9-11-13-16/h9-15,23H,1-8H3. The first-order chi connectivity index (χ1) is 10.8. The maximum absolute atomic E-state index is 4.94. The van der Waals surface area contributed by atoms with Gasteiger partial charge in [0.15, 0.2) is 0 Å². The molecular formula is C22H32SSi. The number of rotatable bonds is 2. The second kappa shape index (κ2) is 6.38. The highest BCUT2D eigenvalue weighted by Gasteiger charge is 2.31. The van der Waals surface area contributed by atoms with Gasteiger partial charge in [-0.1, -0.05) is 107 Å². The molecule has 2 heteroatoms. The Labute approximate surface area is 155 Å². The molecule has 0 aliphatic heterocycles. The SMILES string of the molecule is CC(C)(C)c1cc([Si](C)(C)c2ccccc2)cc(C(C)(C)C)c1S. The molecule has 0 spiro atoms. The molecular weight excluding hydrogens is 324 g/mol. The van der Waals surface area contributed by atoms with Crippen LogP contribution in [-0.2, 0) is 10.8 Å². The molecule has 0 aliphatic carbocycles. The third kappa shape index (κ3) is 3.81. The zero-order valence-corrected chi connectivity index (χ0v) is 18.4. The molecule has 0 aromatic heterocycles. The van der Waals surface area contributed by atoms with Gasteiger partial charge in [-0.25, -0.2) is 0 Å². The van der Waals surface area contributed by atoms with E-state index in [1.807, 2.05) is 0 Å². The van der Waals surface area contributed by atoms with Crippen LogP contribution in [-0.4, -0.2) is 8.07 Å². The lowest BCUT2D eigenvalue weighted by molar-refractivity contribution is 0.548. The van der Waals surface area contributed by atoms with Crippen LogP contribution in [0, 0.1) is 0 Å². The minimum absolute atomic E-state index is 0.0915. The van der Waals surface area contributed by atoms with Crippen LogP contribution >= 0.6 is 12.6 Å². The van der Waals surface area contributed by atoms with E-state index < -0.39 is 8.07 Å². The number of hydrogen-bond acceptors (Lipinski definition) is 1. The van der Waals surface area contributed by atoms with E-state index in [0.717, 1.165) is 4.90 Å². The molecule has 130 valence electrons. The van der Waals surface area contributed by atoms with Gasteiger partial charge >= 0.3 is 0 Å². The van der Waals surface area contributed by atoms with Crippen molar-refractivity contribution in [1.29, 1.82) is 0 Å². The van der Waals surface area contributed by atoms with Gasteiger partial charge in [-0.3, -0.25) is 0 Å². The molecule has 0 radical (unpaired) electrons. The summed E-state index contributed by atoms with van der Waals surface area (Å²) in [6, 6.07) is 15.8. The third-order valence-corrected chi connectivity index (χ3v) is 8.93. The van der Waals surface area contributed by atoms with Gasteiger partial charge in [0.1, 0.15) is 8.07 Å². The summed E-state index contributed by atoms with van der Waals surface area (Å²) in [4.78, 5) is 1.16. The first-order valence-electron chi connectivity index (χ1n) is 8.79. The van der Waals surface area contributed by atoms with Crippen LogP contribution in [0.25, 0.3) is 0 Å². The van der Waals surface area contributed by atoms with Gasteiger partial charge in [0, 0.05) is 4.90 Å². The molecule has 24 heavy (non-hydrogen) atoms. The minimum Gasteiger partial charge on any atom is -0.143 e. The van der Waals surface area contributed by atoms with Crippen molar-refractivity contribution in [2.45, 2.75) is 70.4 Å². The molecule has 0 nitrogen and oxygen atoms in total. The Morgan fingerprint density at radius 1 is 0.708 bits per heavy atom. The highest BCUT2D eigenvalue weighted by Crippen LogP contribution is 2.36. The lowest BCUT2D eigenvalue weighted by Crippen LogP contribution is -2.53. The van der Waals surface area contributed by atoms with Crippen molar-refractivity contribution in [3.8, 4) is 0 Å². The van der Waals surface area contributed by atoms with Crippen LogP contribution in [0.15, 0.2) is 47.4 Å². The van der Waals surface area contributed by atoms with E-state index >= 15 is 0 Å². The summed E-state index contributed by atoms with van der Waals surface area (Å²) in [6.07, 6.45) is 0. The molecule has 0 amide bonds. The molecule has 0 unspecified atom stereocenters. The first kappa shape index (κ1) is 19.3. The van der Waals surface area contributed by atoms with Gasteiger partial charge in [-0.2, -0.15) is 0 Å². The van der Waals surface area contributed by atoms with E-state index in [9.17, 15) is 0 Å². The number of hydrogen-bond donors (Lipinski definition) is 1.